The zero-order valence-electron chi connectivity index (χ0n) is 19.0. The van der Waals surface area contributed by atoms with Crippen LogP contribution in [-0.4, -0.2) is 27.9 Å². The summed E-state index contributed by atoms with van der Waals surface area (Å²) in [6.45, 7) is 0. The van der Waals surface area contributed by atoms with Crippen molar-refractivity contribution in [3.63, 3.8) is 0 Å². The minimum Gasteiger partial charge on any atom is -0.340 e. The Morgan fingerprint density at radius 2 is 1.51 bits per heavy atom. The molecule has 11 heteroatoms. The van der Waals surface area contributed by atoms with E-state index in [2.05, 4.69) is 20.3 Å². The molecule has 0 aliphatic rings. The van der Waals surface area contributed by atoms with Crippen LogP contribution in [0.4, 0.5) is 24.7 Å². The highest BCUT2D eigenvalue weighted by Gasteiger charge is 2.29. The minimum absolute atomic E-state index is 0.0741. The topological polar surface area (TPSA) is 105 Å². The Morgan fingerprint density at radius 1 is 0.784 bits per heavy atom. The fraction of sp³-hybridized carbons (Fsp3) is 0.0385. The maximum absolute atomic E-state index is 12.7. The first kappa shape index (κ1) is 25.7. The maximum atomic E-state index is 12.7. The molecule has 2 heterocycles. The lowest BCUT2D eigenvalue weighted by molar-refractivity contribution is -0.137. The highest BCUT2D eigenvalue weighted by molar-refractivity contribution is 7.85. The van der Waals surface area contributed by atoms with Crippen LogP contribution in [0, 0.1) is 0 Å². The van der Waals surface area contributed by atoms with Gasteiger partial charge in [-0.05, 0) is 48.5 Å². The van der Waals surface area contributed by atoms with Crippen molar-refractivity contribution in [2.75, 3.05) is 5.32 Å². The molecule has 7 nitrogen and oxygen atoms in total. The standard InChI is InChI=1S/C20H13F3N4.C6H6O3S/c21-20(22,23)13-6-8-14(9-7-13)27-19-11-18(25-12-26-19)16-3-1-5-17-15(16)4-2-10-24-17;7-10(8,9)6-4-2-1-3-5-6/h1-12H,(H,25,26,27);1-5H,(H,7,8,9). The van der Waals surface area contributed by atoms with Crippen LogP contribution in [0.1, 0.15) is 5.56 Å². The van der Waals surface area contributed by atoms with Gasteiger partial charge in [-0.25, -0.2) is 9.97 Å². The Hall–Kier alpha value is -4.35. The molecule has 0 bridgehead atoms. The second-order valence-corrected chi connectivity index (χ2v) is 9.07. The molecule has 0 aliphatic heterocycles. The normalized spacial score (nSPS) is 11.5. The third-order valence-electron chi connectivity index (χ3n) is 5.11. The van der Waals surface area contributed by atoms with Crippen LogP contribution in [0.15, 0.2) is 108 Å². The molecule has 3 aromatic carbocycles. The second-order valence-electron chi connectivity index (χ2n) is 7.65. The first-order valence-electron chi connectivity index (χ1n) is 10.7. The average Bonchev–Trinajstić information content (AvgIpc) is 2.89. The Morgan fingerprint density at radius 3 is 2.16 bits per heavy atom. The van der Waals surface area contributed by atoms with Gasteiger partial charge in [0, 0.05) is 28.9 Å². The van der Waals surface area contributed by atoms with Crippen molar-refractivity contribution in [1.82, 2.24) is 15.0 Å². The Kier molecular flexibility index (Phi) is 7.46. The summed E-state index contributed by atoms with van der Waals surface area (Å²) in [4.78, 5) is 12.7. The van der Waals surface area contributed by atoms with Gasteiger partial charge in [0.2, 0.25) is 0 Å². The highest BCUT2D eigenvalue weighted by atomic mass is 32.2. The summed E-state index contributed by atoms with van der Waals surface area (Å²) in [6.07, 6.45) is -1.22. The molecule has 2 aromatic heterocycles. The molecular formula is C26H19F3N4O3S. The minimum atomic E-state index is -4.36. The van der Waals surface area contributed by atoms with Gasteiger partial charge in [-0.1, -0.05) is 36.4 Å². The molecule has 5 rings (SSSR count). The number of alkyl halides is 3. The summed E-state index contributed by atoms with van der Waals surface area (Å²) < 4.78 is 67.2. The average molecular weight is 525 g/mol. The number of pyridine rings is 1. The molecule has 0 unspecified atom stereocenters. The summed E-state index contributed by atoms with van der Waals surface area (Å²) in [6, 6.07) is 23.5. The van der Waals surface area contributed by atoms with Gasteiger partial charge in [-0.2, -0.15) is 21.6 Å². The first-order chi connectivity index (χ1) is 17.6. The quantitative estimate of drug-likeness (QED) is 0.263. The SMILES string of the molecule is FC(F)(F)c1ccc(Nc2cc(-c3cccc4ncccc34)ncn2)cc1.O=S(=O)(O)c1ccccc1. The molecule has 0 saturated carbocycles. The number of nitrogens with one attached hydrogen (secondary N) is 1. The highest BCUT2D eigenvalue weighted by Crippen LogP contribution is 2.31. The predicted octanol–water partition coefficient (Wildman–Crippen LogP) is 6.39. The van der Waals surface area contributed by atoms with Crippen molar-refractivity contribution in [2.45, 2.75) is 11.1 Å². The van der Waals surface area contributed by atoms with Crippen LogP contribution < -0.4 is 5.32 Å². The van der Waals surface area contributed by atoms with Gasteiger partial charge in [-0.15, -0.1) is 0 Å². The fourth-order valence-electron chi connectivity index (χ4n) is 3.38. The van der Waals surface area contributed by atoms with Gasteiger partial charge < -0.3 is 5.32 Å². The van der Waals surface area contributed by atoms with Crippen molar-refractivity contribution in [2.24, 2.45) is 0 Å². The van der Waals surface area contributed by atoms with Crippen LogP contribution in [0.2, 0.25) is 0 Å². The number of halogens is 3. The van der Waals surface area contributed by atoms with Crippen molar-refractivity contribution in [3.05, 3.63) is 109 Å². The molecule has 0 atom stereocenters. The van der Waals surface area contributed by atoms with Gasteiger partial charge in [0.15, 0.2) is 0 Å². The monoisotopic (exact) mass is 524 g/mol. The van der Waals surface area contributed by atoms with Crippen LogP contribution in [0.3, 0.4) is 0 Å². The molecule has 188 valence electrons. The number of benzene rings is 3. The number of aromatic nitrogens is 3. The largest absolute Gasteiger partial charge is 0.416 e. The van der Waals surface area contributed by atoms with E-state index in [-0.39, 0.29) is 4.90 Å². The molecule has 5 aromatic rings. The van der Waals surface area contributed by atoms with Crippen molar-refractivity contribution in [1.29, 1.82) is 0 Å². The van der Waals surface area contributed by atoms with Gasteiger partial charge in [-0.3, -0.25) is 9.54 Å². The number of hydrogen-bond donors (Lipinski definition) is 2. The smallest absolute Gasteiger partial charge is 0.340 e. The van der Waals surface area contributed by atoms with Crippen molar-refractivity contribution in [3.8, 4) is 11.3 Å². The van der Waals surface area contributed by atoms with E-state index in [1.165, 1.54) is 30.6 Å². The van der Waals surface area contributed by atoms with Crippen molar-refractivity contribution >= 4 is 32.5 Å². The first-order valence-corrected chi connectivity index (χ1v) is 12.2. The Balaban J connectivity index is 0.000000270. The van der Waals surface area contributed by atoms with E-state index in [4.69, 9.17) is 4.55 Å². The molecular weight excluding hydrogens is 505 g/mol. The number of nitrogens with zero attached hydrogens (tertiary/aromatic N) is 3. The summed E-state index contributed by atoms with van der Waals surface area (Å²) in [7, 11) is -4.00. The number of hydrogen-bond acceptors (Lipinski definition) is 6. The summed E-state index contributed by atoms with van der Waals surface area (Å²) in [5, 5.41) is 3.96. The Bertz CT molecular complexity index is 1610. The fourth-order valence-corrected chi connectivity index (χ4v) is 3.88. The van der Waals surface area contributed by atoms with Gasteiger partial charge in [0.25, 0.3) is 10.1 Å². The summed E-state index contributed by atoms with van der Waals surface area (Å²) in [5.41, 5.74) is 2.26. The van der Waals surface area contributed by atoms with E-state index >= 15 is 0 Å². The van der Waals surface area contributed by atoms with Crippen LogP contribution in [-0.2, 0) is 16.3 Å². The maximum Gasteiger partial charge on any atom is 0.416 e. The third kappa shape index (κ3) is 6.66. The van der Waals surface area contributed by atoms with Crippen LogP contribution in [0.5, 0.6) is 0 Å². The molecule has 2 N–H and O–H groups in total. The molecule has 0 aliphatic carbocycles. The molecule has 0 spiro atoms. The number of rotatable bonds is 4. The van der Waals surface area contributed by atoms with E-state index in [0.717, 1.165) is 28.6 Å². The van der Waals surface area contributed by atoms with Gasteiger partial charge in [0.05, 0.1) is 21.7 Å². The summed E-state index contributed by atoms with van der Waals surface area (Å²) >= 11 is 0. The van der Waals surface area contributed by atoms with Crippen molar-refractivity contribution < 1.29 is 26.1 Å². The number of fused-ring (bicyclic) bond motifs is 1. The van der Waals surface area contributed by atoms with E-state index in [9.17, 15) is 21.6 Å². The van der Waals surface area contributed by atoms with E-state index in [0.29, 0.717) is 17.2 Å². The lowest BCUT2D eigenvalue weighted by Crippen LogP contribution is -2.04. The lowest BCUT2D eigenvalue weighted by Gasteiger charge is -2.10. The van der Waals surface area contributed by atoms with E-state index in [1.54, 1.807) is 30.5 Å². The number of anilines is 2. The third-order valence-corrected chi connectivity index (χ3v) is 5.98. The second kappa shape index (κ2) is 10.7. The zero-order valence-corrected chi connectivity index (χ0v) is 19.8. The Labute approximate surface area is 210 Å². The van der Waals surface area contributed by atoms with Gasteiger partial charge in [0.1, 0.15) is 12.1 Å². The lowest BCUT2D eigenvalue weighted by atomic mass is 10.1. The predicted molar refractivity (Wildman–Crippen MR) is 134 cm³/mol. The zero-order chi connectivity index (χ0) is 26.5. The molecule has 37 heavy (non-hydrogen) atoms. The molecule has 0 radical (unpaired) electrons. The molecule has 0 amide bonds. The van der Waals surface area contributed by atoms with Crippen LogP contribution in [0.25, 0.3) is 22.2 Å². The summed E-state index contributed by atoms with van der Waals surface area (Å²) in [5.74, 6) is 0.487. The molecule has 0 fully saturated rings. The molecule has 0 saturated heterocycles. The van der Waals surface area contributed by atoms with E-state index in [1.807, 2.05) is 30.3 Å². The van der Waals surface area contributed by atoms with Gasteiger partial charge >= 0.3 is 6.18 Å². The van der Waals surface area contributed by atoms with Crippen LogP contribution >= 0.6 is 0 Å². The van der Waals surface area contributed by atoms with E-state index < -0.39 is 21.9 Å².